The molecule has 0 aliphatic heterocycles. The van der Waals surface area contributed by atoms with E-state index in [4.69, 9.17) is 5.73 Å². The summed E-state index contributed by atoms with van der Waals surface area (Å²) < 4.78 is 0. The number of benzene rings is 1. The molecule has 0 amide bonds. The van der Waals surface area contributed by atoms with Crippen molar-refractivity contribution < 1.29 is 0 Å². The van der Waals surface area contributed by atoms with Gasteiger partial charge in [0.05, 0.1) is 0 Å². The van der Waals surface area contributed by atoms with Crippen LogP contribution in [0.3, 0.4) is 0 Å². The Morgan fingerprint density at radius 3 is 2.41 bits per heavy atom. The van der Waals surface area contributed by atoms with Crippen molar-refractivity contribution in [3.63, 3.8) is 0 Å². The van der Waals surface area contributed by atoms with Gasteiger partial charge in [0.25, 0.3) is 0 Å². The van der Waals surface area contributed by atoms with Gasteiger partial charge in [0.1, 0.15) is 0 Å². The first kappa shape index (κ1) is 14.2. The van der Waals surface area contributed by atoms with Gasteiger partial charge in [-0.15, -0.1) is 0 Å². The van der Waals surface area contributed by atoms with Crippen LogP contribution in [0.2, 0.25) is 0 Å². The minimum atomic E-state index is 0.331. The number of rotatable bonds is 5. The topological polar surface area (TPSA) is 29.3 Å². The smallest absolute Gasteiger partial charge is 0.0470 e. The Kier molecular flexibility index (Phi) is 5.16. The molecular formula is C15H26N2. The quantitative estimate of drug-likeness (QED) is 0.849. The van der Waals surface area contributed by atoms with Crippen LogP contribution in [0.15, 0.2) is 18.2 Å². The lowest BCUT2D eigenvalue weighted by Crippen LogP contribution is -2.33. The van der Waals surface area contributed by atoms with Gasteiger partial charge in [-0.3, -0.25) is 4.90 Å². The summed E-state index contributed by atoms with van der Waals surface area (Å²) in [5.74, 6) is 0.666. The molecular weight excluding hydrogens is 208 g/mol. The van der Waals surface area contributed by atoms with E-state index in [0.717, 1.165) is 6.54 Å². The second-order valence-corrected chi connectivity index (χ2v) is 5.37. The van der Waals surface area contributed by atoms with Crippen LogP contribution in [-0.4, -0.2) is 25.0 Å². The van der Waals surface area contributed by atoms with E-state index in [9.17, 15) is 0 Å². The molecule has 2 heteroatoms. The van der Waals surface area contributed by atoms with Gasteiger partial charge in [0, 0.05) is 19.1 Å². The fourth-order valence-corrected chi connectivity index (χ4v) is 2.38. The predicted octanol–water partition coefficient (Wildman–Crippen LogP) is 2.89. The molecule has 0 aliphatic carbocycles. The number of nitrogens with two attached hydrogens (primary N) is 1. The number of aryl methyl sites for hydroxylation is 1. The molecule has 0 aliphatic rings. The van der Waals surface area contributed by atoms with Crippen LogP contribution in [0, 0.1) is 19.8 Å². The van der Waals surface area contributed by atoms with E-state index in [-0.39, 0.29) is 0 Å². The minimum absolute atomic E-state index is 0.331. The van der Waals surface area contributed by atoms with E-state index < -0.39 is 0 Å². The van der Waals surface area contributed by atoms with Crippen molar-refractivity contribution >= 4 is 0 Å². The molecule has 2 nitrogen and oxygen atoms in total. The summed E-state index contributed by atoms with van der Waals surface area (Å²) in [6.45, 7) is 10.6. The molecule has 1 unspecified atom stereocenters. The highest BCUT2D eigenvalue weighted by Crippen LogP contribution is 2.24. The van der Waals surface area contributed by atoms with Crippen LogP contribution in [0.1, 0.15) is 36.6 Å². The maximum Gasteiger partial charge on any atom is 0.0470 e. The van der Waals surface area contributed by atoms with Gasteiger partial charge >= 0.3 is 0 Å². The lowest BCUT2D eigenvalue weighted by atomic mass is 9.96. The van der Waals surface area contributed by atoms with E-state index in [1.165, 1.54) is 16.7 Å². The highest BCUT2D eigenvalue weighted by molar-refractivity contribution is 5.35. The van der Waals surface area contributed by atoms with Gasteiger partial charge in [-0.05, 0) is 43.5 Å². The van der Waals surface area contributed by atoms with Gasteiger partial charge in [-0.2, -0.15) is 0 Å². The Labute approximate surface area is 106 Å². The molecule has 0 radical (unpaired) electrons. The van der Waals surface area contributed by atoms with Crippen LogP contribution < -0.4 is 5.73 Å². The van der Waals surface area contributed by atoms with Gasteiger partial charge in [0.15, 0.2) is 0 Å². The average molecular weight is 234 g/mol. The highest BCUT2D eigenvalue weighted by atomic mass is 15.1. The predicted molar refractivity (Wildman–Crippen MR) is 75.2 cm³/mol. The summed E-state index contributed by atoms with van der Waals surface area (Å²) in [6.07, 6.45) is 0. The molecule has 0 spiro atoms. The van der Waals surface area contributed by atoms with Gasteiger partial charge < -0.3 is 5.73 Å². The van der Waals surface area contributed by atoms with Crippen molar-refractivity contribution in [1.29, 1.82) is 0 Å². The van der Waals surface area contributed by atoms with Crippen LogP contribution in [0.25, 0.3) is 0 Å². The van der Waals surface area contributed by atoms with Crippen molar-refractivity contribution in [1.82, 2.24) is 4.90 Å². The second-order valence-electron chi connectivity index (χ2n) is 5.37. The largest absolute Gasteiger partial charge is 0.329 e. The minimum Gasteiger partial charge on any atom is -0.329 e. The molecule has 2 N–H and O–H groups in total. The van der Waals surface area contributed by atoms with Gasteiger partial charge in [-0.25, -0.2) is 0 Å². The molecule has 17 heavy (non-hydrogen) atoms. The summed E-state index contributed by atoms with van der Waals surface area (Å²) in [7, 11) is 2.17. The summed E-state index contributed by atoms with van der Waals surface area (Å²) in [4.78, 5) is 2.37. The molecule has 1 aromatic carbocycles. The zero-order chi connectivity index (χ0) is 13.0. The summed E-state index contributed by atoms with van der Waals surface area (Å²) in [5.41, 5.74) is 10.0. The van der Waals surface area contributed by atoms with E-state index >= 15 is 0 Å². The molecule has 0 bridgehead atoms. The lowest BCUT2D eigenvalue weighted by Gasteiger charge is -2.30. The Bertz CT molecular complexity index is 358. The molecule has 0 saturated carbocycles. The average Bonchev–Trinajstić information content (AvgIpc) is 2.24. The maximum atomic E-state index is 5.96. The van der Waals surface area contributed by atoms with Crippen molar-refractivity contribution in [2.24, 2.45) is 11.7 Å². The van der Waals surface area contributed by atoms with Crippen molar-refractivity contribution in [2.75, 3.05) is 20.1 Å². The maximum absolute atomic E-state index is 5.96. The molecule has 0 saturated heterocycles. The third-order valence-electron chi connectivity index (χ3n) is 3.41. The highest BCUT2D eigenvalue weighted by Gasteiger charge is 2.18. The first-order chi connectivity index (χ1) is 7.97. The van der Waals surface area contributed by atoms with E-state index in [0.29, 0.717) is 18.5 Å². The SMILES string of the molecule is Cc1cccc(C(CN)N(C)CC(C)C)c1C. The van der Waals surface area contributed by atoms with Gasteiger partial charge in [-0.1, -0.05) is 32.0 Å². The number of nitrogens with zero attached hydrogens (tertiary/aromatic N) is 1. The molecule has 1 atom stereocenters. The first-order valence-corrected chi connectivity index (χ1v) is 6.43. The van der Waals surface area contributed by atoms with Crippen LogP contribution in [0.4, 0.5) is 0 Å². The number of hydrogen-bond acceptors (Lipinski definition) is 2. The zero-order valence-corrected chi connectivity index (χ0v) is 11.8. The Hall–Kier alpha value is -0.860. The van der Waals surface area contributed by atoms with Crippen molar-refractivity contribution in [2.45, 2.75) is 33.7 Å². The monoisotopic (exact) mass is 234 g/mol. The second kappa shape index (κ2) is 6.18. The van der Waals surface area contributed by atoms with Crippen molar-refractivity contribution in [3.8, 4) is 0 Å². The fourth-order valence-electron chi connectivity index (χ4n) is 2.38. The van der Waals surface area contributed by atoms with E-state index in [2.05, 4.69) is 57.8 Å². The third-order valence-corrected chi connectivity index (χ3v) is 3.41. The van der Waals surface area contributed by atoms with E-state index in [1.54, 1.807) is 0 Å². The summed E-state index contributed by atoms with van der Waals surface area (Å²) in [6, 6.07) is 6.83. The normalized spacial score (nSPS) is 13.4. The first-order valence-electron chi connectivity index (χ1n) is 6.43. The van der Waals surface area contributed by atoms with Crippen LogP contribution in [0.5, 0.6) is 0 Å². The molecule has 96 valence electrons. The van der Waals surface area contributed by atoms with Crippen LogP contribution >= 0.6 is 0 Å². The standard InChI is InChI=1S/C15H26N2/c1-11(2)10-17(5)15(9-16)14-8-6-7-12(3)13(14)4/h6-8,11,15H,9-10,16H2,1-5H3. The number of likely N-dealkylation sites (N-methyl/N-ethyl adjacent to an activating group) is 1. The molecule has 0 aromatic heterocycles. The van der Waals surface area contributed by atoms with E-state index in [1.807, 2.05) is 0 Å². The third kappa shape index (κ3) is 3.55. The van der Waals surface area contributed by atoms with Gasteiger partial charge in [0.2, 0.25) is 0 Å². The Morgan fingerprint density at radius 1 is 1.24 bits per heavy atom. The van der Waals surface area contributed by atoms with Crippen LogP contribution in [-0.2, 0) is 0 Å². The lowest BCUT2D eigenvalue weighted by molar-refractivity contribution is 0.223. The summed E-state index contributed by atoms with van der Waals surface area (Å²) in [5, 5.41) is 0. The number of hydrogen-bond donors (Lipinski definition) is 1. The summed E-state index contributed by atoms with van der Waals surface area (Å²) >= 11 is 0. The van der Waals surface area contributed by atoms with Crippen molar-refractivity contribution in [3.05, 3.63) is 34.9 Å². The Balaban J connectivity index is 2.97. The molecule has 0 fully saturated rings. The Morgan fingerprint density at radius 2 is 1.88 bits per heavy atom. The zero-order valence-electron chi connectivity index (χ0n) is 11.8. The molecule has 1 rings (SSSR count). The molecule has 1 aromatic rings. The molecule has 0 heterocycles. The fraction of sp³-hybridized carbons (Fsp3) is 0.600.